The average molecular weight is 292 g/mol. The van der Waals surface area contributed by atoms with E-state index in [1.807, 2.05) is 0 Å². The van der Waals surface area contributed by atoms with E-state index in [9.17, 15) is 8.42 Å². The molecule has 1 aliphatic rings. The molecule has 1 saturated heterocycles. The molecule has 1 aliphatic heterocycles. The summed E-state index contributed by atoms with van der Waals surface area (Å²) in [7, 11) is -1.10. The van der Waals surface area contributed by atoms with Gasteiger partial charge in [0.25, 0.3) is 0 Å². The second-order valence-electron chi connectivity index (χ2n) is 6.14. The Morgan fingerprint density at radius 2 is 2.16 bits per heavy atom. The minimum Gasteiger partial charge on any atom is -0.385 e. The van der Waals surface area contributed by atoms with Gasteiger partial charge in [0, 0.05) is 32.8 Å². The molecule has 0 aromatic carbocycles. The second-order valence-corrected chi connectivity index (χ2v) is 8.37. The van der Waals surface area contributed by atoms with Crippen LogP contribution in [0.4, 0.5) is 0 Å². The average Bonchev–Trinajstić information content (AvgIpc) is 2.31. The van der Waals surface area contributed by atoms with Gasteiger partial charge < -0.3 is 15.4 Å². The molecule has 1 atom stereocenters. The maximum atomic E-state index is 11.5. The first-order valence-electron chi connectivity index (χ1n) is 6.98. The number of ether oxygens (including phenoxy) is 1. The summed E-state index contributed by atoms with van der Waals surface area (Å²) in [5, 5.41) is 6.69. The third-order valence-electron chi connectivity index (χ3n) is 3.56. The van der Waals surface area contributed by atoms with Crippen molar-refractivity contribution < 1.29 is 13.2 Å². The number of sulfone groups is 1. The zero-order chi connectivity index (χ0) is 14.4. The minimum absolute atomic E-state index is 0.105. The van der Waals surface area contributed by atoms with Crippen molar-refractivity contribution in [1.82, 2.24) is 10.6 Å². The monoisotopic (exact) mass is 292 g/mol. The third kappa shape index (κ3) is 7.25. The first-order valence-corrected chi connectivity index (χ1v) is 8.80. The topological polar surface area (TPSA) is 67.4 Å². The maximum absolute atomic E-state index is 11.5. The van der Waals surface area contributed by atoms with E-state index in [1.165, 1.54) is 0 Å². The molecule has 5 nitrogen and oxygen atoms in total. The lowest BCUT2D eigenvalue weighted by Crippen LogP contribution is -2.46. The lowest BCUT2D eigenvalue weighted by molar-refractivity contribution is 0.150. The summed E-state index contributed by atoms with van der Waals surface area (Å²) in [4.78, 5) is 0. The van der Waals surface area contributed by atoms with Crippen molar-refractivity contribution in [3.63, 3.8) is 0 Å². The molecule has 1 fully saturated rings. The Labute approximate surface area is 117 Å². The predicted molar refractivity (Wildman–Crippen MR) is 78.2 cm³/mol. The smallest absolute Gasteiger partial charge is 0.153 e. The van der Waals surface area contributed by atoms with Crippen LogP contribution >= 0.6 is 0 Å². The molecule has 1 rings (SSSR count). The molecule has 0 aromatic heterocycles. The van der Waals surface area contributed by atoms with Gasteiger partial charge in [-0.3, -0.25) is 0 Å². The van der Waals surface area contributed by atoms with Crippen molar-refractivity contribution in [1.29, 1.82) is 0 Å². The quantitative estimate of drug-likeness (QED) is 0.635. The number of hydrogen-bond donors (Lipinski definition) is 2. The summed E-state index contributed by atoms with van der Waals surface area (Å²) in [5.41, 5.74) is 0.210. The Bertz CT molecular complexity index is 355. The number of hydrogen-bond acceptors (Lipinski definition) is 5. The second kappa shape index (κ2) is 7.57. The highest BCUT2D eigenvalue weighted by Gasteiger charge is 2.24. The van der Waals surface area contributed by atoms with Gasteiger partial charge in [0.1, 0.15) is 0 Å². The zero-order valence-electron chi connectivity index (χ0n) is 12.4. The van der Waals surface area contributed by atoms with Gasteiger partial charge in [0.05, 0.1) is 11.5 Å². The molecule has 19 heavy (non-hydrogen) atoms. The van der Waals surface area contributed by atoms with Crippen LogP contribution in [0.3, 0.4) is 0 Å². The molecule has 0 amide bonds. The van der Waals surface area contributed by atoms with Crippen LogP contribution in [0.2, 0.25) is 0 Å². The van der Waals surface area contributed by atoms with E-state index in [2.05, 4.69) is 24.5 Å². The largest absolute Gasteiger partial charge is 0.385 e. The molecule has 0 spiro atoms. The lowest BCUT2D eigenvalue weighted by atomic mass is 9.89. The minimum atomic E-state index is -2.82. The maximum Gasteiger partial charge on any atom is 0.153 e. The number of methoxy groups -OCH3 is 1. The van der Waals surface area contributed by atoms with Gasteiger partial charge in [0.2, 0.25) is 0 Å². The lowest BCUT2D eigenvalue weighted by Gasteiger charge is -2.27. The van der Waals surface area contributed by atoms with E-state index in [0.717, 1.165) is 32.5 Å². The van der Waals surface area contributed by atoms with Crippen molar-refractivity contribution >= 4 is 9.84 Å². The Morgan fingerprint density at radius 3 is 2.79 bits per heavy atom. The Morgan fingerprint density at radius 1 is 1.42 bits per heavy atom. The zero-order valence-corrected chi connectivity index (χ0v) is 13.2. The van der Waals surface area contributed by atoms with Crippen LogP contribution in [0.15, 0.2) is 0 Å². The van der Waals surface area contributed by atoms with Crippen molar-refractivity contribution in [2.24, 2.45) is 5.41 Å². The Balaban J connectivity index is 2.16. The van der Waals surface area contributed by atoms with Crippen LogP contribution in [-0.2, 0) is 14.6 Å². The summed E-state index contributed by atoms with van der Waals surface area (Å²) >= 11 is 0. The van der Waals surface area contributed by atoms with Crippen LogP contribution in [-0.4, -0.2) is 59.3 Å². The van der Waals surface area contributed by atoms with Gasteiger partial charge in [-0.2, -0.15) is 0 Å². The molecular weight excluding hydrogens is 264 g/mol. The molecule has 0 bridgehead atoms. The van der Waals surface area contributed by atoms with Gasteiger partial charge in [-0.1, -0.05) is 13.8 Å². The third-order valence-corrected chi connectivity index (χ3v) is 5.29. The van der Waals surface area contributed by atoms with Crippen molar-refractivity contribution in [3.8, 4) is 0 Å². The van der Waals surface area contributed by atoms with Crippen LogP contribution in [0, 0.1) is 5.41 Å². The molecule has 114 valence electrons. The summed E-state index contributed by atoms with van der Waals surface area (Å²) in [5.74, 6) is 0.558. The first kappa shape index (κ1) is 16.9. The van der Waals surface area contributed by atoms with Crippen LogP contribution in [0.5, 0.6) is 0 Å². The van der Waals surface area contributed by atoms with Gasteiger partial charge in [-0.15, -0.1) is 0 Å². The highest BCUT2D eigenvalue weighted by molar-refractivity contribution is 7.91. The fourth-order valence-electron chi connectivity index (χ4n) is 2.22. The van der Waals surface area contributed by atoms with Crippen LogP contribution in [0.25, 0.3) is 0 Å². The van der Waals surface area contributed by atoms with Gasteiger partial charge >= 0.3 is 0 Å². The summed E-state index contributed by atoms with van der Waals surface area (Å²) in [6.07, 6.45) is 1.88. The van der Waals surface area contributed by atoms with Gasteiger partial charge in [0.15, 0.2) is 9.84 Å². The summed E-state index contributed by atoms with van der Waals surface area (Å²) < 4.78 is 28.1. The van der Waals surface area contributed by atoms with Crippen molar-refractivity contribution in [2.75, 3.05) is 44.9 Å². The molecule has 6 heteroatoms. The summed E-state index contributed by atoms with van der Waals surface area (Å²) in [6, 6.07) is 0.105. The molecular formula is C13H28N2O3S. The van der Waals surface area contributed by atoms with E-state index in [1.54, 1.807) is 7.11 Å². The van der Waals surface area contributed by atoms with E-state index in [4.69, 9.17) is 4.74 Å². The predicted octanol–water partition coefficient (Wildman–Crippen LogP) is 0.415. The highest BCUT2D eigenvalue weighted by Crippen LogP contribution is 2.18. The SMILES string of the molecule is COCCC(C)(C)CNCCC1CS(=O)(=O)CCN1. The molecule has 1 heterocycles. The molecule has 2 N–H and O–H groups in total. The summed E-state index contributed by atoms with van der Waals surface area (Å²) in [6.45, 7) is 7.56. The first-order chi connectivity index (χ1) is 8.85. The Hall–Kier alpha value is -0.170. The normalized spacial score (nSPS) is 23.4. The van der Waals surface area contributed by atoms with Gasteiger partial charge in [-0.25, -0.2) is 8.42 Å². The van der Waals surface area contributed by atoms with Crippen molar-refractivity contribution in [2.45, 2.75) is 32.7 Å². The van der Waals surface area contributed by atoms with E-state index < -0.39 is 9.84 Å². The standard InChI is InChI=1S/C13H28N2O3S/c1-13(2,5-8-18-3)11-14-6-4-12-10-19(16,17)9-7-15-12/h12,14-15H,4-11H2,1-3H3. The van der Waals surface area contributed by atoms with Crippen LogP contribution < -0.4 is 10.6 Å². The fraction of sp³-hybridized carbons (Fsp3) is 1.00. The molecule has 1 unspecified atom stereocenters. The molecule has 0 aromatic rings. The molecule has 0 aliphatic carbocycles. The van der Waals surface area contributed by atoms with E-state index in [0.29, 0.717) is 6.54 Å². The van der Waals surface area contributed by atoms with Crippen LogP contribution in [0.1, 0.15) is 26.7 Å². The molecule has 0 saturated carbocycles. The number of rotatable bonds is 8. The van der Waals surface area contributed by atoms with E-state index in [-0.39, 0.29) is 23.0 Å². The number of nitrogens with one attached hydrogen (secondary N) is 2. The van der Waals surface area contributed by atoms with Crippen molar-refractivity contribution in [3.05, 3.63) is 0 Å². The van der Waals surface area contributed by atoms with E-state index >= 15 is 0 Å². The molecule has 0 radical (unpaired) electrons. The Kier molecular flexibility index (Phi) is 6.73. The highest BCUT2D eigenvalue weighted by atomic mass is 32.2. The fourth-order valence-corrected chi connectivity index (χ4v) is 3.72. The van der Waals surface area contributed by atoms with Gasteiger partial charge in [-0.05, 0) is 24.8 Å².